The zero-order valence-corrected chi connectivity index (χ0v) is 31.0. The fraction of sp³-hybridized carbons (Fsp3) is 0.474. The third-order valence-electron chi connectivity index (χ3n) is 10.1. The number of ether oxygens (including phenoxy) is 3. The Kier molecular flexibility index (Phi) is 11.7. The van der Waals surface area contributed by atoms with Gasteiger partial charge in [-0.1, -0.05) is 82.1 Å². The van der Waals surface area contributed by atoms with E-state index in [1.165, 1.54) is 12.0 Å². The largest absolute Gasteiger partial charge is 0.455 e. The van der Waals surface area contributed by atoms with Crippen LogP contribution in [-0.2, 0) is 33.4 Å². The smallest absolute Gasteiger partial charge is 0.313 e. The van der Waals surface area contributed by atoms with Crippen LogP contribution in [0.25, 0.3) is 0 Å². The van der Waals surface area contributed by atoms with Crippen molar-refractivity contribution in [2.24, 2.45) is 11.8 Å². The summed E-state index contributed by atoms with van der Waals surface area (Å²) in [4.78, 5) is 60.7. The lowest BCUT2D eigenvalue weighted by Gasteiger charge is -2.36. The number of unbranched alkanes of at least 4 members (excludes halogenated alkanes) is 2. The number of aliphatic hydroxyl groups is 1. The summed E-state index contributed by atoms with van der Waals surface area (Å²) in [5.41, 5.74) is 0.415. The summed E-state index contributed by atoms with van der Waals surface area (Å²) >= 11 is 10.4. The fourth-order valence-corrected chi connectivity index (χ4v) is 8.94. The van der Waals surface area contributed by atoms with Gasteiger partial charge in [-0.25, -0.2) is 0 Å². The number of esters is 1. The Morgan fingerprint density at radius 1 is 1.02 bits per heavy atom. The minimum absolute atomic E-state index is 0.0102. The molecule has 5 bridgehead atoms. The summed E-state index contributed by atoms with van der Waals surface area (Å²) in [5.74, 6) is -3.90. The number of halogens is 2. The van der Waals surface area contributed by atoms with Gasteiger partial charge in [-0.05, 0) is 55.9 Å². The highest BCUT2D eigenvalue weighted by atomic mass is 79.9. The van der Waals surface area contributed by atoms with Gasteiger partial charge in [0, 0.05) is 37.7 Å². The molecule has 0 saturated carbocycles. The Bertz CT molecular complexity index is 1680. The van der Waals surface area contributed by atoms with Crippen LogP contribution in [0.5, 0.6) is 0 Å². The lowest BCUT2D eigenvalue weighted by atomic mass is 9.74. The zero-order chi connectivity index (χ0) is 36.3. The van der Waals surface area contributed by atoms with E-state index in [-0.39, 0.29) is 44.5 Å². The first-order chi connectivity index (χ1) is 24.6. The van der Waals surface area contributed by atoms with Crippen LogP contribution in [0.4, 0.5) is 5.69 Å². The molecule has 4 aliphatic rings. The van der Waals surface area contributed by atoms with Gasteiger partial charge in [0.15, 0.2) is 0 Å². The second-order valence-electron chi connectivity index (χ2n) is 13.4. The van der Waals surface area contributed by atoms with Crippen molar-refractivity contribution in [3.8, 4) is 0 Å². The third kappa shape index (κ3) is 7.13. The van der Waals surface area contributed by atoms with Crippen molar-refractivity contribution in [2.75, 3.05) is 38.3 Å². The predicted molar refractivity (Wildman–Crippen MR) is 194 cm³/mol. The Morgan fingerprint density at radius 3 is 2.53 bits per heavy atom. The number of rotatable bonds is 9. The van der Waals surface area contributed by atoms with E-state index in [1.54, 1.807) is 35.2 Å². The average molecular weight is 785 g/mol. The molecule has 2 fully saturated rings. The van der Waals surface area contributed by atoms with Crippen LogP contribution in [0.1, 0.15) is 49.3 Å². The minimum atomic E-state index is -1.48. The highest BCUT2D eigenvalue weighted by Crippen LogP contribution is 2.59. The first-order valence-electron chi connectivity index (χ1n) is 17.4. The van der Waals surface area contributed by atoms with Gasteiger partial charge in [-0.3, -0.25) is 19.2 Å². The van der Waals surface area contributed by atoms with E-state index in [4.69, 9.17) is 25.8 Å². The van der Waals surface area contributed by atoms with Crippen molar-refractivity contribution in [3.05, 3.63) is 87.4 Å². The first kappa shape index (κ1) is 37.2. The molecular formula is C38H43BrClN3O8. The molecule has 0 unspecified atom stereocenters. The quantitative estimate of drug-likeness (QED) is 0.211. The number of allylic oxidation sites excluding steroid dienone is 1. The monoisotopic (exact) mass is 783 g/mol. The number of hydrogen-bond acceptors (Lipinski definition) is 8. The van der Waals surface area contributed by atoms with Gasteiger partial charge in [0.1, 0.15) is 29.8 Å². The number of carbonyl (C=O) groups is 4. The minimum Gasteiger partial charge on any atom is -0.455 e. The Morgan fingerprint density at radius 2 is 1.80 bits per heavy atom. The van der Waals surface area contributed by atoms with E-state index < -0.39 is 53.6 Å². The van der Waals surface area contributed by atoms with Gasteiger partial charge in [-0.2, -0.15) is 0 Å². The number of amides is 3. The Hall–Kier alpha value is -3.55. The summed E-state index contributed by atoms with van der Waals surface area (Å²) in [7, 11) is 1.51. The van der Waals surface area contributed by atoms with Crippen LogP contribution in [0.15, 0.2) is 71.2 Å². The van der Waals surface area contributed by atoms with Gasteiger partial charge in [0.05, 0.1) is 29.3 Å². The maximum atomic E-state index is 15.1. The topological polar surface area (TPSA) is 135 Å². The lowest BCUT2D eigenvalue weighted by Crippen LogP contribution is -2.56. The Balaban J connectivity index is 1.48. The van der Waals surface area contributed by atoms with Crippen molar-refractivity contribution < 1.29 is 38.5 Å². The van der Waals surface area contributed by atoms with Crippen molar-refractivity contribution >= 4 is 56.9 Å². The lowest BCUT2D eigenvalue weighted by molar-refractivity contribution is -0.162. The Labute approximate surface area is 311 Å². The molecule has 51 heavy (non-hydrogen) atoms. The molecule has 2 aromatic carbocycles. The van der Waals surface area contributed by atoms with E-state index in [0.29, 0.717) is 46.4 Å². The van der Waals surface area contributed by atoms with Crippen LogP contribution >= 0.6 is 27.5 Å². The number of aliphatic hydroxyl groups excluding tert-OH is 1. The van der Waals surface area contributed by atoms with Crippen LogP contribution in [0, 0.1) is 18.8 Å². The highest BCUT2D eigenvalue weighted by molar-refractivity contribution is 9.11. The van der Waals surface area contributed by atoms with E-state index in [9.17, 15) is 19.5 Å². The first-order valence-corrected chi connectivity index (χ1v) is 18.5. The van der Waals surface area contributed by atoms with Crippen molar-refractivity contribution in [3.63, 3.8) is 0 Å². The van der Waals surface area contributed by atoms with E-state index in [0.717, 1.165) is 5.56 Å². The molecule has 11 nitrogen and oxygen atoms in total. The van der Waals surface area contributed by atoms with Gasteiger partial charge in [-0.15, -0.1) is 0 Å². The molecule has 3 amide bonds. The molecule has 0 aromatic heterocycles. The normalized spacial score (nSPS) is 30.3. The van der Waals surface area contributed by atoms with E-state index in [2.05, 4.69) is 21.2 Å². The van der Waals surface area contributed by atoms with E-state index in [1.807, 2.05) is 43.3 Å². The maximum Gasteiger partial charge on any atom is 0.313 e. The maximum absolute atomic E-state index is 15.1. The summed E-state index contributed by atoms with van der Waals surface area (Å²) < 4.78 is 19.0. The zero-order valence-electron chi connectivity index (χ0n) is 28.6. The number of nitrogens with zero attached hydrogens (tertiary/aromatic N) is 2. The van der Waals surface area contributed by atoms with Crippen molar-refractivity contribution in [1.29, 1.82) is 0 Å². The van der Waals surface area contributed by atoms with Crippen molar-refractivity contribution in [1.82, 2.24) is 10.2 Å². The molecule has 4 aliphatic heterocycles. The van der Waals surface area contributed by atoms with Gasteiger partial charge in [0.25, 0.3) is 5.91 Å². The molecule has 13 heteroatoms. The number of cyclic esters (lactones) is 1. The van der Waals surface area contributed by atoms with Crippen LogP contribution < -0.4 is 10.2 Å². The SMILES string of the molecule is COC[C@@H]1NC(=O)CC/C=C\CN(c2c(C)cccc2Cl)C(=O)[C@H]2N(CCCCCO)C(=O)[C@@H]3[C@@H](C(=O)O[C@H]1c1ccccc1)[C@@H]1O[C@@]32C=C1Br. The molecule has 272 valence electrons. The number of anilines is 1. The molecule has 7 atom stereocenters. The molecule has 0 radical (unpaired) electrons. The number of fused-ring (bicyclic) bond motifs is 2. The van der Waals surface area contributed by atoms with Gasteiger partial charge >= 0.3 is 5.97 Å². The van der Waals surface area contributed by atoms with Crippen LogP contribution in [0.2, 0.25) is 5.02 Å². The standard InChI is InChI=1S/C38H43BrClN3O8/c1-23-13-12-16-26(40)31(23)42-18-9-4-8-17-28(45)41-27(22-49-2)32(24-14-6-3-7-15-24)50-37(48)29-30-35(46)43(19-10-5-11-20-44)34(36(42)47)38(30)21-25(39)33(29)51-38/h3-4,6-7,9,12-16,21,27,29-30,32-34,44H,5,8,10-11,17-20,22H2,1-2H3,(H,41,45)/b9-4-/t27-,29+,30-,32-,33+,34+,38-/m0/s1. The third-order valence-corrected chi connectivity index (χ3v) is 11.1. The highest BCUT2D eigenvalue weighted by Gasteiger charge is 2.75. The molecule has 2 N–H and O–H groups in total. The second-order valence-corrected chi connectivity index (χ2v) is 14.7. The average Bonchev–Trinajstić information content (AvgIpc) is 3.70. The number of aryl methyl sites for hydroxylation is 1. The predicted octanol–water partition coefficient (Wildman–Crippen LogP) is 4.78. The number of methoxy groups -OCH3 is 1. The molecule has 6 rings (SSSR count). The fourth-order valence-electron chi connectivity index (χ4n) is 7.89. The molecule has 1 spiro atoms. The van der Waals surface area contributed by atoms with Crippen molar-refractivity contribution in [2.45, 2.75) is 68.9 Å². The molecule has 0 aliphatic carbocycles. The van der Waals surface area contributed by atoms with Gasteiger partial charge in [0.2, 0.25) is 11.8 Å². The van der Waals surface area contributed by atoms with Crippen LogP contribution in [0.3, 0.4) is 0 Å². The number of benzene rings is 2. The summed E-state index contributed by atoms with van der Waals surface area (Å²) in [6.45, 7) is 2.25. The number of likely N-dealkylation sites (tertiary alicyclic amines) is 1. The molecular weight excluding hydrogens is 742 g/mol. The summed E-state index contributed by atoms with van der Waals surface area (Å²) in [6, 6.07) is 12.6. The van der Waals surface area contributed by atoms with Gasteiger partial charge < -0.3 is 34.4 Å². The summed E-state index contributed by atoms with van der Waals surface area (Å²) in [6.07, 6.45) is 5.82. The molecule has 2 saturated heterocycles. The number of carbonyl (C=O) groups excluding carboxylic acids is 4. The molecule has 2 aromatic rings. The van der Waals surface area contributed by atoms with E-state index >= 15 is 4.79 Å². The van der Waals surface area contributed by atoms with Crippen LogP contribution in [-0.4, -0.2) is 90.9 Å². The number of para-hydroxylation sites is 1. The number of hydrogen-bond donors (Lipinski definition) is 2. The number of nitrogens with one attached hydrogen (secondary N) is 1. The second kappa shape index (κ2) is 16.0. The molecule has 4 heterocycles. The summed E-state index contributed by atoms with van der Waals surface area (Å²) in [5, 5.41) is 12.8.